The first kappa shape index (κ1) is 19.5. The Hall–Kier alpha value is -1.56. The highest BCUT2D eigenvalue weighted by atomic mass is 16.5. The van der Waals surface area contributed by atoms with Gasteiger partial charge in [-0.3, -0.25) is 9.69 Å². The van der Waals surface area contributed by atoms with E-state index in [2.05, 4.69) is 5.32 Å². The molecule has 3 atom stereocenters. The first-order chi connectivity index (χ1) is 10.8. The summed E-state index contributed by atoms with van der Waals surface area (Å²) in [5.41, 5.74) is -1.44. The Bertz CT molecular complexity index is 466. The molecule has 0 bridgehead atoms. The lowest BCUT2D eigenvalue weighted by Gasteiger charge is -2.49. The van der Waals surface area contributed by atoms with Gasteiger partial charge in [0.15, 0.2) is 0 Å². The predicted molar refractivity (Wildman–Crippen MR) is 89.4 cm³/mol. The van der Waals surface area contributed by atoms with Gasteiger partial charge in [-0.15, -0.1) is 0 Å². The number of carboxylic acid groups (broad SMARTS) is 1. The quantitative estimate of drug-likeness (QED) is 0.705. The third-order valence-corrected chi connectivity index (χ3v) is 4.82. The Morgan fingerprint density at radius 2 is 2.17 bits per heavy atom. The maximum Gasteiger partial charge on any atom is 0.408 e. The van der Waals surface area contributed by atoms with Crippen molar-refractivity contribution in [3.05, 3.63) is 12.2 Å². The van der Waals surface area contributed by atoms with Crippen LogP contribution in [0.5, 0.6) is 0 Å². The molecule has 2 amide bonds. The second kappa shape index (κ2) is 7.81. The zero-order valence-electron chi connectivity index (χ0n) is 14.9. The standard InChI is InChI=1S/C17H30N2O4/c1-6-9-16(4,23-5)14(18-13(3)20)17(10-7-2)11-8-12-19(17)15(21)22/h7,10,14H,6,8-9,11-12H2,1-5H3,(H,18,20)(H,21,22)/b10-7-/t14-,16-,17-/m0/s1. The molecule has 0 aliphatic carbocycles. The summed E-state index contributed by atoms with van der Waals surface area (Å²) in [4.78, 5) is 25.1. The molecule has 0 radical (unpaired) electrons. The van der Waals surface area contributed by atoms with E-state index >= 15 is 0 Å². The van der Waals surface area contributed by atoms with Crippen molar-refractivity contribution in [3.8, 4) is 0 Å². The number of nitrogens with one attached hydrogen (secondary N) is 1. The van der Waals surface area contributed by atoms with Gasteiger partial charge < -0.3 is 15.2 Å². The van der Waals surface area contributed by atoms with E-state index in [1.54, 1.807) is 7.11 Å². The number of likely N-dealkylation sites (tertiary alicyclic amines) is 1. The van der Waals surface area contributed by atoms with Crippen molar-refractivity contribution in [2.24, 2.45) is 0 Å². The van der Waals surface area contributed by atoms with Gasteiger partial charge in [0, 0.05) is 20.6 Å². The topological polar surface area (TPSA) is 78.9 Å². The maximum atomic E-state index is 11.8. The van der Waals surface area contributed by atoms with E-state index < -0.39 is 23.3 Å². The number of allylic oxidation sites excluding steroid dienone is 1. The molecule has 0 unspecified atom stereocenters. The van der Waals surface area contributed by atoms with Crippen LogP contribution in [0.3, 0.4) is 0 Å². The summed E-state index contributed by atoms with van der Waals surface area (Å²) in [6.45, 7) is 7.78. The Balaban J connectivity index is 3.45. The molecule has 1 fully saturated rings. The van der Waals surface area contributed by atoms with Gasteiger partial charge in [0.05, 0.1) is 17.2 Å². The Morgan fingerprint density at radius 1 is 1.52 bits per heavy atom. The molecule has 23 heavy (non-hydrogen) atoms. The normalized spacial score (nSPS) is 25.3. The molecule has 132 valence electrons. The summed E-state index contributed by atoms with van der Waals surface area (Å²) in [5.74, 6) is -0.185. The molecule has 1 aliphatic rings. The number of hydrogen-bond donors (Lipinski definition) is 2. The second-order valence-electron chi connectivity index (χ2n) is 6.43. The lowest BCUT2D eigenvalue weighted by molar-refractivity contribution is -0.126. The number of carbonyl (C=O) groups is 2. The molecule has 1 heterocycles. The van der Waals surface area contributed by atoms with Gasteiger partial charge in [-0.2, -0.15) is 0 Å². The molecular formula is C17H30N2O4. The van der Waals surface area contributed by atoms with E-state index in [1.165, 1.54) is 11.8 Å². The first-order valence-electron chi connectivity index (χ1n) is 8.24. The van der Waals surface area contributed by atoms with E-state index in [-0.39, 0.29) is 5.91 Å². The molecule has 6 heteroatoms. The summed E-state index contributed by atoms with van der Waals surface area (Å²) in [7, 11) is 1.62. The summed E-state index contributed by atoms with van der Waals surface area (Å²) in [6.07, 6.45) is 5.82. The van der Waals surface area contributed by atoms with Crippen LogP contribution in [0.15, 0.2) is 12.2 Å². The van der Waals surface area contributed by atoms with Crippen LogP contribution in [-0.2, 0) is 9.53 Å². The predicted octanol–water partition coefficient (Wildman–Crippen LogP) is 2.79. The van der Waals surface area contributed by atoms with Gasteiger partial charge in [-0.25, -0.2) is 4.79 Å². The van der Waals surface area contributed by atoms with Crippen molar-refractivity contribution < 1.29 is 19.4 Å². The fourth-order valence-corrected chi connectivity index (χ4v) is 3.87. The number of carbonyl (C=O) groups excluding carboxylic acids is 1. The van der Waals surface area contributed by atoms with Gasteiger partial charge in [-0.1, -0.05) is 25.5 Å². The van der Waals surface area contributed by atoms with Crippen molar-refractivity contribution >= 4 is 12.0 Å². The third kappa shape index (κ3) is 3.86. The molecular weight excluding hydrogens is 296 g/mol. The molecule has 2 N–H and O–H groups in total. The van der Waals surface area contributed by atoms with Crippen LogP contribution in [0.2, 0.25) is 0 Å². The van der Waals surface area contributed by atoms with Crippen LogP contribution in [0.1, 0.15) is 53.4 Å². The highest BCUT2D eigenvalue weighted by molar-refractivity contribution is 5.74. The van der Waals surface area contributed by atoms with E-state index in [1.807, 2.05) is 32.9 Å². The minimum Gasteiger partial charge on any atom is -0.465 e. The van der Waals surface area contributed by atoms with Gasteiger partial charge in [0.25, 0.3) is 0 Å². The van der Waals surface area contributed by atoms with E-state index in [0.717, 1.165) is 19.3 Å². The van der Waals surface area contributed by atoms with Gasteiger partial charge >= 0.3 is 6.09 Å². The zero-order valence-corrected chi connectivity index (χ0v) is 14.9. The summed E-state index contributed by atoms with van der Waals surface area (Å²) < 4.78 is 5.78. The monoisotopic (exact) mass is 326 g/mol. The van der Waals surface area contributed by atoms with Crippen LogP contribution in [0.4, 0.5) is 4.79 Å². The number of nitrogens with zero attached hydrogens (tertiary/aromatic N) is 1. The molecule has 6 nitrogen and oxygen atoms in total. The van der Waals surface area contributed by atoms with Crippen molar-refractivity contribution in [3.63, 3.8) is 0 Å². The lowest BCUT2D eigenvalue weighted by Crippen LogP contribution is -2.68. The molecule has 1 saturated heterocycles. The zero-order chi connectivity index (χ0) is 17.7. The number of rotatable bonds is 7. The highest BCUT2D eigenvalue weighted by Gasteiger charge is 2.54. The lowest BCUT2D eigenvalue weighted by atomic mass is 9.75. The van der Waals surface area contributed by atoms with E-state index in [4.69, 9.17) is 4.74 Å². The van der Waals surface area contributed by atoms with Crippen LogP contribution in [0, 0.1) is 0 Å². The molecule has 1 aliphatic heterocycles. The Kier molecular flexibility index (Phi) is 6.62. The minimum absolute atomic E-state index is 0.185. The van der Waals surface area contributed by atoms with Crippen molar-refractivity contribution in [2.45, 2.75) is 70.6 Å². The fraction of sp³-hybridized carbons (Fsp3) is 0.765. The first-order valence-corrected chi connectivity index (χ1v) is 8.24. The minimum atomic E-state index is -0.967. The second-order valence-corrected chi connectivity index (χ2v) is 6.43. The Labute approximate surface area is 138 Å². The van der Waals surface area contributed by atoms with Gasteiger partial charge in [0.1, 0.15) is 0 Å². The van der Waals surface area contributed by atoms with Crippen molar-refractivity contribution in [1.29, 1.82) is 0 Å². The molecule has 1 rings (SSSR count). The molecule has 0 spiro atoms. The van der Waals surface area contributed by atoms with Crippen molar-refractivity contribution in [1.82, 2.24) is 10.2 Å². The number of methoxy groups -OCH3 is 1. The van der Waals surface area contributed by atoms with E-state index in [9.17, 15) is 14.7 Å². The third-order valence-electron chi connectivity index (χ3n) is 4.82. The maximum absolute atomic E-state index is 11.8. The largest absolute Gasteiger partial charge is 0.465 e. The number of hydrogen-bond acceptors (Lipinski definition) is 3. The fourth-order valence-electron chi connectivity index (χ4n) is 3.87. The number of amides is 2. The summed E-state index contributed by atoms with van der Waals surface area (Å²) >= 11 is 0. The molecule has 0 aromatic rings. The smallest absolute Gasteiger partial charge is 0.408 e. The average Bonchev–Trinajstić information content (AvgIpc) is 2.90. The summed E-state index contributed by atoms with van der Waals surface area (Å²) in [5, 5.41) is 12.7. The molecule has 0 aromatic heterocycles. The van der Waals surface area contributed by atoms with Gasteiger partial charge in [0.2, 0.25) is 5.91 Å². The number of ether oxygens (including phenoxy) is 1. The van der Waals surface area contributed by atoms with E-state index in [0.29, 0.717) is 13.0 Å². The summed E-state index contributed by atoms with van der Waals surface area (Å²) in [6, 6.07) is -0.452. The van der Waals surface area contributed by atoms with Crippen LogP contribution < -0.4 is 5.32 Å². The molecule has 0 saturated carbocycles. The SMILES string of the molecule is C/C=C\[C@@]1([C@@H](NC(C)=O)[C@](C)(CCC)OC)CCCN1C(=O)O. The molecule has 0 aromatic carbocycles. The van der Waals surface area contributed by atoms with Crippen molar-refractivity contribution in [2.75, 3.05) is 13.7 Å². The Morgan fingerprint density at radius 3 is 2.61 bits per heavy atom. The highest BCUT2D eigenvalue weighted by Crippen LogP contribution is 2.40. The van der Waals surface area contributed by atoms with Crippen LogP contribution >= 0.6 is 0 Å². The average molecular weight is 326 g/mol. The van der Waals surface area contributed by atoms with Gasteiger partial charge in [-0.05, 0) is 33.1 Å². The van der Waals surface area contributed by atoms with Crippen LogP contribution in [-0.4, -0.2) is 52.8 Å². The van der Waals surface area contributed by atoms with Crippen LogP contribution in [0.25, 0.3) is 0 Å².